The number of ether oxygens (including phenoxy) is 1. The maximum atomic E-state index is 11.1. The predicted molar refractivity (Wildman–Crippen MR) is 99.9 cm³/mol. The summed E-state index contributed by atoms with van der Waals surface area (Å²) in [5.74, 6) is 2.06. The molecule has 0 aliphatic carbocycles. The number of nitro benzene ring substituents is 1. The van der Waals surface area contributed by atoms with Crippen LogP contribution in [0.2, 0.25) is 0 Å². The van der Waals surface area contributed by atoms with E-state index in [-0.39, 0.29) is 10.6 Å². The summed E-state index contributed by atoms with van der Waals surface area (Å²) in [4.78, 5) is 13.0. The summed E-state index contributed by atoms with van der Waals surface area (Å²) in [7, 11) is 1.59. The van der Waals surface area contributed by atoms with E-state index in [1.54, 1.807) is 19.2 Å². The van der Waals surface area contributed by atoms with E-state index in [0.29, 0.717) is 18.2 Å². The molecule has 0 spiro atoms. The van der Waals surface area contributed by atoms with Crippen molar-refractivity contribution in [3.8, 4) is 5.75 Å². The van der Waals surface area contributed by atoms with Crippen LogP contribution in [-0.4, -0.2) is 44.6 Å². The third-order valence-electron chi connectivity index (χ3n) is 5.16. The molecule has 8 heteroatoms. The van der Waals surface area contributed by atoms with E-state index in [2.05, 4.69) is 19.5 Å². The summed E-state index contributed by atoms with van der Waals surface area (Å²) in [6.45, 7) is 2.44. The highest BCUT2D eigenvalue weighted by Crippen LogP contribution is 2.30. The van der Waals surface area contributed by atoms with Gasteiger partial charge < -0.3 is 4.74 Å². The molecular formula is C19H21N5O3. The van der Waals surface area contributed by atoms with Crippen molar-refractivity contribution in [3.63, 3.8) is 0 Å². The molecule has 3 aromatic rings. The first kappa shape index (κ1) is 17.4. The second-order valence-electron chi connectivity index (χ2n) is 6.79. The van der Waals surface area contributed by atoms with Crippen LogP contribution in [0.4, 0.5) is 5.69 Å². The molecular weight excluding hydrogens is 346 g/mol. The molecule has 3 heterocycles. The van der Waals surface area contributed by atoms with Crippen molar-refractivity contribution in [2.45, 2.75) is 25.3 Å². The second kappa shape index (κ2) is 7.32. The lowest BCUT2D eigenvalue weighted by atomic mass is 9.95. The summed E-state index contributed by atoms with van der Waals surface area (Å²) < 4.78 is 7.44. The predicted octanol–water partition coefficient (Wildman–Crippen LogP) is 3.03. The average Bonchev–Trinajstić information content (AvgIpc) is 3.12. The Kier molecular flexibility index (Phi) is 4.72. The fourth-order valence-electron chi connectivity index (χ4n) is 3.73. The van der Waals surface area contributed by atoms with E-state index in [9.17, 15) is 10.1 Å². The molecule has 0 unspecified atom stereocenters. The van der Waals surface area contributed by atoms with Gasteiger partial charge in [-0.2, -0.15) is 0 Å². The van der Waals surface area contributed by atoms with Crippen molar-refractivity contribution in [1.82, 2.24) is 19.5 Å². The molecule has 0 bridgehead atoms. The Hall–Kier alpha value is -3.00. The number of aromatic nitrogens is 3. The van der Waals surface area contributed by atoms with Gasteiger partial charge in [0.05, 0.1) is 12.0 Å². The number of pyridine rings is 1. The first-order valence-electron chi connectivity index (χ1n) is 8.99. The third-order valence-corrected chi connectivity index (χ3v) is 5.16. The number of methoxy groups -OCH3 is 1. The number of benzene rings is 1. The van der Waals surface area contributed by atoms with Crippen molar-refractivity contribution >= 4 is 11.3 Å². The minimum atomic E-state index is -0.369. The largest absolute Gasteiger partial charge is 0.496 e. The fraction of sp³-hybridized carbons (Fsp3) is 0.368. The molecule has 8 nitrogen and oxygen atoms in total. The molecule has 4 rings (SSSR count). The van der Waals surface area contributed by atoms with Gasteiger partial charge in [0.25, 0.3) is 5.69 Å². The highest BCUT2D eigenvalue weighted by Gasteiger charge is 2.25. The first-order chi connectivity index (χ1) is 13.2. The van der Waals surface area contributed by atoms with Crippen molar-refractivity contribution < 1.29 is 9.66 Å². The van der Waals surface area contributed by atoms with Gasteiger partial charge in [0, 0.05) is 36.4 Å². The van der Waals surface area contributed by atoms with Crippen LogP contribution in [0.5, 0.6) is 5.75 Å². The number of fused-ring (bicyclic) bond motifs is 1. The van der Waals surface area contributed by atoms with Gasteiger partial charge >= 0.3 is 0 Å². The Morgan fingerprint density at radius 2 is 2.04 bits per heavy atom. The Labute approximate surface area is 156 Å². The van der Waals surface area contributed by atoms with E-state index in [1.165, 1.54) is 6.07 Å². The summed E-state index contributed by atoms with van der Waals surface area (Å²) in [5, 5.41) is 19.7. The van der Waals surface area contributed by atoms with Crippen LogP contribution in [0.1, 0.15) is 30.1 Å². The monoisotopic (exact) mass is 367 g/mol. The molecule has 1 fully saturated rings. The summed E-state index contributed by atoms with van der Waals surface area (Å²) >= 11 is 0. The summed E-state index contributed by atoms with van der Waals surface area (Å²) in [5.41, 5.74) is 1.81. The van der Waals surface area contributed by atoms with Crippen LogP contribution in [0.3, 0.4) is 0 Å². The minimum Gasteiger partial charge on any atom is -0.496 e. The average molecular weight is 367 g/mol. The normalized spacial score (nSPS) is 15.9. The maximum Gasteiger partial charge on any atom is 0.270 e. The van der Waals surface area contributed by atoms with E-state index in [0.717, 1.165) is 43.0 Å². The molecule has 1 aliphatic rings. The van der Waals surface area contributed by atoms with Gasteiger partial charge in [-0.25, -0.2) is 0 Å². The molecule has 2 aromatic heterocycles. The zero-order valence-electron chi connectivity index (χ0n) is 15.1. The minimum absolute atomic E-state index is 0.0932. The second-order valence-corrected chi connectivity index (χ2v) is 6.79. The number of nitro groups is 1. The molecule has 1 aromatic carbocycles. The number of piperidine rings is 1. The summed E-state index contributed by atoms with van der Waals surface area (Å²) in [6, 6.07) is 10.7. The molecule has 1 aliphatic heterocycles. The van der Waals surface area contributed by atoms with Crippen molar-refractivity contribution in [2.75, 3.05) is 20.2 Å². The van der Waals surface area contributed by atoms with Gasteiger partial charge in [-0.3, -0.25) is 19.4 Å². The van der Waals surface area contributed by atoms with E-state index in [4.69, 9.17) is 4.74 Å². The van der Waals surface area contributed by atoms with Crippen molar-refractivity contribution in [2.24, 2.45) is 0 Å². The van der Waals surface area contributed by atoms with Crippen molar-refractivity contribution in [1.29, 1.82) is 0 Å². The van der Waals surface area contributed by atoms with E-state index < -0.39 is 0 Å². The highest BCUT2D eigenvalue weighted by molar-refractivity contribution is 5.44. The van der Waals surface area contributed by atoms with Gasteiger partial charge in [-0.1, -0.05) is 6.07 Å². The fourth-order valence-corrected chi connectivity index (χ4v) is 3.73. The SMILES string of the molecule is COc1ccc([N+](=O)[O-])cc1CN1CCC(c2nnc3ccccn23)CC1. The van der Waals surface area contributed by atoms with Crippen LogP contribution in [0.15, 0.2) is 42.6 Å². The number of rotatable bonds is 5. The van der Waals surface area contributed by atoms with Crippen LogP contribution in [0.25, 0.3) is 5.65 Å². The topological polar surface area (TPSA) is 85.8 Å². The summed E-state index contributed by atoms with van der Waals surface area (Å²) in [6.07, 6.45) is 3.96. The lowest BCUT2D eigenvalue weighted by molar-refractivity contribution is -0.385. The van der Waals surface area contributed by atoms with Gasteiger partial charge in [0.2, 0.25) is 0 Å². The van der Waals surface area contributed by atoms with Crippen LogP contribution < -0.4 is 4.74 Å². The van der Waals surface area contributed by atoms with Gasteiger partial charge in [0.15, 0.2) is 5.65 Å². The van der Waals surface area contributed by atoms with Crippen LogP contribution in [0, 0.1) is 10.1 Å². The Balaban J connectivity index is 1.45. The quantitative estimate of drug-likeness (QED) is 0.509. The lowest BCUT2D eigenvalue weighted by Crippen LogP contribution is -2.33. The number of likely N-dealkylation sites (tertiary alicyclic amines) is 1. The van der Waals surface area contributed by atoms with Crippen LogP contribution >= 0.6 is 0 Å². The molecule has 1 saturated heterocycles. The Morgan fingerprint density at radius 1 is 1.22 bits per heavy atom. The zero-order valence-corrected chi connectivity index (χ0v) is 15.1. The van der Waals surface area contributed by atoms with Crippen LogP contribution in [-0.2, 0) is 6.54 Å². The third kappa shape index (κ3) is 3.48. The van der Waals surface area contributed by atoms with E-state index >= 15 is 0 Å². The number of hydrogen-bond donors (Lipinski definition) is 0. The molecule has 0 atom stereocenters. The molecule has 140 valence electrons. The molecule has 0 amide bonds. The molecule has 0 saturated carbocycles. The smallest absolute Gasteiger partial charge is 0.270 e. The Morgan fingerprint density at radius 3 is 2.78 bits per heavy atom. The molecule has 0 radical (unpaired) electrons. The molecule has 0 N–H and O–H groups in total. The maximum absolute atomic E-state index is 11.1. The number of non-ortho nitro benzene ring substituents is 1. The zero-order chi connectivity index (χ0) is 18.8. The number of nitrogens with zero attached hydrogens (tertiary/aromatic N) is 5. The lowest BCUT2D eigenvalue weighted by Gasteiger charge is -2.31. The molecule has 27 heavy (non-hydrogen) atoms. The van der Waals surface area contributed by atoms with E-state index in [1.807, 2.05) is 24.4 Å². The van der Waals surface area contributed by atoms with Gasteiger partial charge in [-0.05, 0) is 44.1 Å². The standard InChI is InChI=1S/C19H21N5O3/c1-27-17-6-5-16(24(25)26)12-15(17)13-22-10-7-14(8-11-22)19-21-20-18-4-2-3-9-23(18)19/h2-6,9,12,14H,7-8,10-11,13H2,1H3. The van der Waals surface area contributed by atoms with Gasteiger partial charge in [-0.15, -0.1) is 10.2 Å². The Bertz CT molecular complexity index is 963. The first-order valence-corrected chi connectivity index (χ1v) is 8.99. The van der Waals surface area contributed by atoms with Crippen molar-refractivity contribution in [3.05, 3.63) is 64.1 Å². The van der Waals surface area contributed by atoms with Gasteiger partial charge in [0.1, 0.15) is 11.6 Å². The number of hydrogen-bond acceptors (Lipinski definition) is 6. The highest BCUT2D eigenvalue weighted by atomic mass is 16.6.